The highest BCUT2D eigenvalue weighted by Crippen LogP contribution is 2.35. The second-order valence-electron chi connectivity index (χ2n) is 6.00. The van der Waals surface area contributed by atoms with Crippen molar-refractivity contribution in [2.75, 3.05) is 6.61 Å². The molecule has 2 aliphatic rings. The zero-order chi connectivity index (χ0) is 17.4. The number of hydrazone groups is 1. The molecule has 130 valence electrons. The first kappa shape index (κ1) is 16.1. The molecule has 1 aromatic carbocycles. The second kappa shape index (κ2) is 6.47. The van der Waals surface area contributed by atoms with Crippen LogP contribution in [0.1, 0.15) is 18.0 Å². The first-order valence-corrected chi connectivity index (χ1v) is 8.26. The maximum atomic E-state index is 5.90. The number of nitrogens with zero attached hydrogens (tertiary/aromatic N) is 5. The molecule has 2 fully saturated rings. The average molecular weight is 359 g/mol. The lowest BCUT2D eigenvalue weighted by Gasteiger charge is -2.28. The van der Waals surface area contributed by atoms with Gasteiger partial charge in [-0.15, -0.1) is 5.10 Å². The summed E-state index contributed by atoms with van der Waals surface area (Å²) in [4.78, 5) is 0. The van der Waals surface area contributed by atoms with Gasteiger partial charge in [0.2, 0.25) is 0 Å². The van der Waals surface area contributed by atoms with Crippen LogP contribution in [0.3, 0.4) is 0 Å². The number of nitrogens with one attached hydrogen (secondary N) is 1. The van der Waals surface area contributed by atoms with Gasteiger partial charge in [0.05, 0.1) is 18.4 Å². The number of tetrazole rings is 1. The van der Waals surface area contributed by atoms with Gasteiger partial charge in [-0.05, 0) is 29.6 Å². The Morgan fingerprint density at radius 1 is 1.40 bits per heavy atom. The zero-order valence-corrected chi connectivity index (χ0v) is 14.3. The lowest BCUT2D eigenvalue weighted by Crippen LogP contribution is -2.39. The summed E-state index contributed by atoms with van der Waals surface area (Å²) >= 11 is 4.79. The Kier molecular flexibility index (Phi) is 4.15. The van der Waals surface area contributed by atoms with Crippen molar-refractivity contribution in [3.05, 3.63) is 29.8 Å². The summed E-state index contributed by atoms with van der Waals surface area (Å²) in [5.74, 6) is 0.681. The summed E-state index contributed by atoms with van der Waals surface area (Å²) < 4.78 is 13.3. The Hall–Kier alpha value is -2.43. The maximum Gasteiger partial charge on any atom is 0.199 e. The second-order valence-corrected chi connectivity index (χ2v) is 6.44. The minimum absolute atomic E-state index is 0.0898. The van der Waals surface area contributed by atoms with Gasteiger partial charge in [0.25, 0.3) is 0 Å². The Balaban J connectivity index is 1.65. The van der Waals surface area contributed by atoms with E-state index in [0.29, 0.717) is 24.6 Å². The molecule has 2 aromatic rings. The van der Waals surface area contributed by atoms with Crippen LogP contribution in [0.2, 0.25) is 0 Å². The van der Waals surface area contributed by atoms with Crippen LogP contribution in [0.5, 0.6) is 0 Å². The van der Waals surface area contributed by atoms with Crippen LogP contribution in [-0.2, 0) is 9.47 Å². The van der Waals surface area contributed by atoms with Gasteiger partial charge < -0.3 is 15.2 Å². The summed E-state index contributed by atoms with van der Waals surface area (Å²) in [6.45, 7) is 2.49. The number of aromatic nitrogens is 4. The van der Waals surface area contributed by atoms with E-state index in [1.54, 1.807) is 4.68 Å². The third-order valence-corrected chi connectivity index (χ3v) is 4.35. The molecule has 2 saturated heterocycles. The Labute approximate surface area is 149 Å². The molecule has 0 radical (unpaired) electrons. The van der Waals surface area contributed by atoms with Gasteiger partial charge in [0.1, 0.15) is 6.10 Å². The van der Waals surface area contributed by atoms with Crippen LogP contribution < -0.4 is 11.2 Å². The van der Waals surface area contributed by atoms with Crippen molar-refractivity contribution in [3.8, 4) is 11.4 Å². The summed E-state index contributed by atoms with van der Waals surface area (Å²) in [6.07, 6.45) is -0.0432. The van der Waals surface area contributed by atoms with E-state index in [2.05, 4.69) is 26.1 Å². The van der Waals surface area contributed by atoms with Gasteiger partial charge in [-0.2, -0.15) is 5.10 Å². The van der Waals surface area contributed by atoms with Crippen molar-refractivity contribution < 1.29 is 9.47 Å². The molecule has 3 heterocycles. The van der Waals surface area contributed by atoms with E-state index in [9.17, 15) is 0 Å². The summed E-state index contributed by atoms with van der Waals surface area (Å²) in [5, 5.41) is 16.5. The number of nitrogens with two attached hydrogens (primary N) is 1. The van der Waals surface area contributed by atoms with Crippen LogP contribution in [0.25, 0.3) is 11.4 Å². The highest BCUT2D eigenvalue weighted by atomic mass is 32.1. The fourth-order valence-electron chi connectivity index (χ4n) is 3.02. The quantitative estimate of drug-likeness (QED) is 0.603. The van der Waals surface area contributed by atoms with E-state index in [1.165, 1.54) is 5.56 Å². The molecule has 3 atom stereocenters. The molecule has 2 bridgehead atoms. The number of hydrogen-bond acceptors (Lipinski definition) is 7. The monoisotopic (exact) mass is 359 g/mol. The number of fused-ring (bicyclic) bond motifs is 2. The molecule has 0 unspecified atom stereocenters. The van der Waals surface area contributed by atoms with Gasteiger partial charge in [-0.1, -0.05) is 29.8 Å². The molecular formula is C15H17N7O2S. The van der Waals surface area contributed by atoms with Crippen molar-refractivity contribution in [2.45, 2.75) is 31.8 Å². The fourth-order valence-corrected chi connectivity index (χ4v) is 3.06. The van der Waals surface area contributed by atoms with Gasteiger partial charge in [0, 0.05) is 12.0 Å². The SMILES string of the molecule is Cc1ccc(-c2nnnn2[C@H]2C/C(=N/NC(N)=S)[C@@H]3OC[C@H]2O3)cc1. The molecular weight excluding hydrogens is 342 g/mol. The number of hydrogen-bond donors (Lipinski definition) is 2. The number of aryl methyl sites for hydroxylation is 1. The number of rotatable bonds is 3. The van der Waals surface area contributed by atoms with Gasteiger partial charge in [0.15, 0.2) is 17.2 Å². The average Bonchev–Trinajstić information content (AvgIpc) is 3.23. The normalized spacial score (nSPS) is 26.8. The highest BCUT2D eigenvalue weighted by Gasteiger charge is 2.44. The van der Waals surface area contributed by atoms with E-state index in [0.717, 1.165) is 5.56 Å². The summed E-state index contributed by atoms with van der Waals surface area (Å²) in [5.41, 5.74) is 10.8. The molecule has 25 heavy (non-hydrogen) atoms. The number of ether oxygens (including phenoxy) is 2. The molecule has 0 aliphatic carbocycles. The maximum absolute atomic E-state index is 5.90. The predicted molar refractivity (Wildman–Crippen MR) is 93.6 cm³/mol. The lowest BCUT2D eigenvalue weighted by atomic mass is 10.0. The smallest absolute Gasteiger partial charge is 0.199 e. The Morgan fingerprint density at radius 3 is 2.96 bits per heavy atom. The molecule has 0 saturated carbocycles. The van der Waals surface area contributed by atoms with Crippen molar-refractivity contribution in [2.24, 2.45) is 10.8 Å². The van der Waals surface area contributed by atoms with Crippen LogP contribution in [0, 0.1) is 6.92 Å². The molecule has 1 aromatic heterocycles. The van der Waals surface area contributed by atoms with Crippen LogP contribution in [-0.4, -0.2) is 50.0 Å². The molecule has 4 rings (SSSR count). The third kappa shape index (κ3) is 3.11. The summed E-state index contributed by atoms with van der Waals surface area (Å²) in [6, 6.07) is 7.92. The Morgan fingerprint density at radius 2 is 2.20 bits per heavy atom. The molecule has 9 nitrogen and oxygen atoms in total. The van der Waals surface area contributed by atoms with E-state index in [-0.39, 0.29) is 17.3 Å². The van der Waals surface area contributed by atoms with Gasteiger partial charge in [-0.3, -0.25) is 5.43 Å². The topological polar surface area (TPSA) is 112 Å². The fraction of sp³-hybridized carbons (Fsp3) is 0.400. The van der Waals surface area contributed by atoms with Gasteiger partial charge in [-0.25, -0.2) is 4.68 Å². The summed E-state index contributed by atoms with van der Waals surface area (Å²) in [7, 11) is 0. The van der Waals surface area contributed by atoms with Crippen molar-refractivity contribution in [3.63, 3.8) is 0 Å². The van der Waals surface area contributed by atoms with Crippen LogP contribution >= 0.6 is 12.2 Å². The van der Waals surface area contributed by atoms with Crippen molar-refractivity contribution in [1.29, 1.82) is 0 Å². The predicted octanol–water partition coefficient (Wildman–Crippen LogP) is 0.524. The number of benzene rings is 1. The van der Waals surface area contributed by atoms with Crippen molar-refractivity contribution in [1.82, 2.24) is 25.6 Å². The third-order valence-electron chi connectivity index (χ3n) is 4.26. The molecule has 0 spiro atoms. The minimum Gasteiger partial charge on any atom is -0.375 e. The molecule has 2 aliphatic heterocycles. The standard InChI is InChI=1S/C15H17N7O2S/c1-8-2-4-9(5-3-8)13-18-20-21-22(13)11-6-10(17-19-15(16)25)14-23-7-12(11)24-14/h2-5,11-12,14H,6-7H2,1H3,(H3,16,19,25)/b17-10-/t11-,12+,14+/m0/s1. The van der Waals surface area contributed by atoms with E-state index >= 15 is 0 Å². The van der Waals surface area contributed by atoms with E-state index in [1.807, 2.05) is 31.2 Å². The van der Waals surface area contributed by atoms with Gasteiger partial charge >= 0.3 is 0 Å². The molecule has 3 N–H and O–H groups in total. The lowest BCUT2D eigenvalue weighted by molar-refractivity contribution is -0.0320. The van der Waals surface area contributed by atoms with Crippen molar-refractivity contribution >= 4 is 23.0 Å². The number of thiocarbonyl (C=S) groups is 1. The van der Waals surface area contributed by atoms with Crippen LogP contribution in [0.15, 0.2) is 29.4 Å². The molecule has 10 heteroatoms. The minimum atomic E-state index is -0.484. The zero-order valence-electron chi connectivity index (χ0n) is 13.5. The highest BCUT2D eigenvalue weighted by molar-refractivity contribution is 7.80. The first-order chi connectivity index (χ1) is 12.1. The molecule has 0 amide bonds. The van der Waals surface area contributed by atoms with E-state index in [4.69, 9.17) is 27.4 Å². The van der Waals surface area contributed by atoms with Crippen LogP contribution in [0.4, 0.5) is 0 Å². The first-order valence-electron chi connectivity index (χ1n) is 7.85. The Bertz CT molecular complexity index is 820. The largest absolute Gasteiger partial charge is 0.375 e. The van der Waals surface area contributed by atoms with E-state index < -0.39 is 6.29 Å².